The van der Waals surface area contributed by atoms with Crippen LogP contribution in [0.4, 0.5) is 0 Å². The van der Waals surface area contributed by atoms with Crippen molar-refractivity contribution in [1.82, 2.24) is 14.5 Å². The Balaban J connectivity index is 1.60. The van der Waals surface area contributed by atoms with Crippen molar-refractivity contribution in [2.24, 2.45) is 0 Å². The van der Waals surface area contributed by atoms with Crippen LogP contribution in [0.25, 0.3) is 20.7 Å². The number of esters is 1. The lowest BCUT2D eigenvalue weighted by Crippen LogP contribution is -2.32. The van der Waals surface area contributed by atoms with Crippen molar-refractivity contribution < 1.29 is 14.3 Å². The highest BCUT2D eigenvalue weighted by Crippen LogP contribution is 2.35. The number of nitrogens with zero attached hydrogens (tertiary/aromatic N) is 3. The summed E-state index contributed by atoms with van der Waals surface area (Å²) in [5, 5.41) is 3.12. The van der Waals surface area contributed by atoms with Gasteiger partial charge in [0.2, 0.25) is 5.91 Å². The molecule has 0 spiro atoms. The zero-order valence-corrected chi connectivity index (χ0v) is 18.9. The van der Waals surface area contributed by atoms with Gasteiger partial charge in [-0.25, -0.2) is 9.78 Å². The van der Waals surface area contributed by atoms with Gasteiger partial charge in [-0.2, -0.15) is 0 Å². The van der Waals surface area contributed by atoms with E-state index in [0.717, 1.165) is 10.4 Å². The molecule has 0 radical (unpaired) electrons. The number of rotatable bonds is 6. The molecule has 1 aliphatic rings. The molecule has 1 saturated heterocycles. The highest BCUT2D eigenvalue weighted by molar-refractivity contribution is 8.04. The maximum absolute atomic E-state index is 13.2. The number of ether oxygens (including phenoxy) is 1. The van der Waals surface area contributed by atoms with Crippen molar-refractivity contribution in [2.45, 2.75) is 20.4 Å². The first-order chi connectivity index (χ1) is 14.5. The summed E-state index contributed by atoms with van der Waals surface area (Å²) in [4.78, 5) is 46.1. The van der Waals surface area contributed by atoms with Gasteiger partial charge >= 0.3 is 5.97 Å². The first-order valence-corrected chi connectivity index (χ1v) is 12.0. The molecule has 0 saturated carbocycles. The SMILES string of the molecule is CCOC(=O)/C=C1\SCC(=O)N1CCn1cnc2scc(-c3ccc(C)s3)c2c1=O. The largest absolute Gasteiger partial charge is 0.463 e. The van der Waals surface area contributed by atoms with Crippen LogP contribution in [0.3, 0.4) is 0 Å². The van der Waals surface area contributed by atoms with Crippen LogP contribution in [-0.2, 0) is 20.9 Å². The molecule has 0 unspecified atom stereocenters. The summed E-state index contributed by atoms with van der Waals surface area (Å²) in [7, 11) is 0. The molecule has 0 atom stereocenters. The molecule has 4 rings (SSSR count). The Labute approximate surface area is 185 Å². The molecule has 4 heterocycles. The number of hydrogen-bond acceptors (Lipinski definition) is 8. The Kier molecular flexibility index (Phi) is 6.07. The van der Waals surface area contributed by atoms with Gasteiger partial charge in [0.15, 0.2) is 0 Å². The summed E-state index contributed by atoms with van der Waals surface area (Å²) >= 11 is 4.39. The minimum Gasteiger partial charge on any atom is -0.463 e. The molecule has 7 nitrogen and oxygen atoms in total. The highest BCUT2D eigenvalue weighted by Gasteiger charge is 2.27. The second kappa shape index (κ2) is 8.75. The fourth-order valence-corrected chi connectivity index (χ4v) is 5.97. The molecule has 1 fully saturated rings. The maximum atomic E-state index is 13.2. The topological polar surface area (TPSA) is 81.5 Å². The summed E-state index contributed by atoms with van der Waals surface area (Å²) in [5.74, 6) is -0.305. The van der Waals surface area contributed by atoms with E-state index in [9.17, 15) is 14.4 Å². The highest BCUT2D eigenvalue weighted by atomic mass is 32.2. The Bertz CT molecular complexity index is 1210. The van der Waals surface area contributed by atoms with Crippen LogP contribution in [0.15, 0.2) is 39.7 Å². The first kappa shape index (κ1) is 20.8. The molecule has 0 aliphatic carbocycles. The fraction of sp³-hybridized carbons (Fsp3) is 0.300. The van der Waals surface area contributed by atoms with Crippen LogP contribution >= 0.6 is 34.4 Å². The number of thiophene rings is 2. The van der Waals surface area contributed by atoms with Gasteiger partial charge in [-0.05, 0) is 26.0 Å². The summed E-state index contributed by atoms with van der Waals surface area (Å²) in [6.45, 7) is 4.60. The Morgan fingerprint density at radius 2 is 2.13 bits per heavy atom. The average Bonchev–Trinajstić information content (AvgIpc) is 3.41. The van der Waals surface area contributed by atoms with E-state index in [4.69, 9.17) is 4.74 Å². The third-order valence-corrected chi connectivity index (χ3v) is 7.52. The molecular weight excluding hydrogens is 442 g/mol. The van der Waals surface area contributed by atoms with Gasteiger partial charge in [0.25, 0.3) is 5.56 Å². The van der Waals surface area contributed by atoms with Gasteiger partial charge in [-0.15, -0.1) is 22.7 Å². The summed E-state index contributed by atoms with van der Waals surface area (Å²) in [5.41, 5.74) is 0.771. The van der Waals surface area contributed by atoms with Gasteiger partial charge < -0.3 is 9.64 Å². The van der Waals surface area contributed by atoms with Crippen molar-refractivity contribution in [3.63, 3.8) is 0 Å². The van der Waals surface area contributed by atoms with Crippen LogP contribution in [0, 0.1) is 6.92 Å². The van der Waals surface area contributed by atoms with Gasteiger partial charge in [0, 0.05) is 33.8 Å². The summed E-state index contributed by atoms with van der Waals surface area (Å²) in [6.07, 6.45) is 2.85. The number of thioether (sulfide) groups is 1. The molecule has 1 amide bonds. The smallest absolute Gasteiger partial charge is 0.333 e. The molecule has 0 aromatic carbocycles. The summed E-state index contributed by atoms with van der Waals surface area (Å²) in [6, 6.07) is 4.05. The van der Waals surface area contributed by atoms with Gasteiger partial charge in [-0.1, -0.05) is 11.8 Å². The summed E-state index contributed by atoms with van der Waals surface area (Å²) < 4.78 is 6.46. The van der Waals surface area contributed by atoms with Crippen LogP contribution < -0.4 is 5.56 Å². The van der Waals surface area contributed by atoms with Crippen LogP contribution in [0.5, 0.6) is 0 Å². The minimum atomic E-state index is -0.478. The number of aryl methyl sites for hydroxylation is 1. The zero-order valence-electron chi connectivity index (χ0n) is 16.4. The normalized spacial score (nSPS) is 15.5. The van der Waals surface area contributed by atoms with Crippen molar-refractivity contribution in [2.75, 3.05) is 18.9 Å². The molecule has 3 aromatic rings. The third-order valence-electron chi connectivity index (χ3n) is 4.57. The number of carbonyl (C=O) groups is 2. The van der Waals surface area contributed by atoms with E-state index in [0.29, 0.717) is 15.2 Å². The standard InChI is InChI=1S/C20H19N3O4S3/c1-3-27-17(25)8-16-23(15(24)10-28-16)7-6-22-11-21-19-18(20(22)26)13(9-29-19)14-5-4-12(2)30-14/h4-5,8-9,11H,3,6-7,10H2,1-2H3/b16-8-. The molecule has 1 aliphatic heterocycles. The lowest BCUT2D eigenvalue weighted by atomic mass is 10.2. The number of amides is 1. The molecule has 30 heavy (non-hydrogen) atoms. The van der Waals surface area contributed by atoms with E-state index in [1.54, 1.807) is 18.3 Å². The minimum absolute atomic E-state index is 0.0945. The van der Waals surface area contributed by atoms with E-state index in [1.165, 1.54) is 49.8 Å². The van der Waals surface area contributed by atoms with Gasteiger partial charge in [-0.3, -0.25) is 14.2 Å². The van der Waals surface area contributed by atoms with Crippen molar-refractivity contribution >= 4 is 56.5 Å². The van der Waals surface area contributed by atoms with Crippen LogP contribution in [-0.4, -0.2) is 45.2 Å². The van der Waals surface area contributed by atoms with E-state index in [-0.39, 0.29) is 36.9 Å². The number of hydrogen-bond donors (Lipinski definition) is 0. The predicted octanol–water partition coefficient (Wildman–Crippen LogP) is 3.47. The van der Waals surface area contributed by atoms with Crippen LogP contribution in [0.1, 0.15) is 11.8 Å². The number of fused-ring (bicyclic) bond motifs is 1. The predicted molar refractivity (Wildman–Crippen MR) is 121 cm³/mol. The van der Waals surface area contributed by atoms with E-state index < -0.39 is 5.97 Å². The van der Waals surface area contributed by atoms with E-state index in [2.05, 4.69) is 4.98 Å². The molecule has 0 N–H and O–H groups in total. The fourth-order valence-electron chi connectivity index (χ4n) is 3.15. The molecule has 3 aromatic heterocycles. The van der Waals surface area contributed by atoms with Crippen molar-refractivity contribution in [1.29, 1.82) is 0 Å². The second-order valence-electron chi connectivity index (χ2n) is 6.55. The lowest BCUT2D eigenvalue weighted by Gasteiger charge is -2.17. The Morgan fingerprint density at radius 1 is 1.30 bits per heavy atom. The third kappa shape index (κ3) is 4.07. The second-order valence-corrected chi connectivity index (χ2v) is 9.69. The van der Waals surface area contributed by atoms with Crippen molar-refractivity contribution in [3.8, 4) is 10.4 Å². The zero-order chi connectivity index (χ0) is 21.3. The number of aromatic nitrogens is 2. The Morgan fingerprint density at radius 3 is 2.87 bits per heavy atom. The van der Waals surface area contributed by atoms with E-state index >= 15 is 0 Å². The molecule has 156 valence electrons. The van der Waals surface area contributed by atoms with Gasteiger partial charge in [0.05, 0.1) is 35.2 Å². The van der Waals surface area contributed by atoms with E-state index in [1.807, 2.05) is 24.4 Å². The molecule has 0 bridgehead atoms. The molecular formula is C20H19N3O4S3. The van der Waals surface area contributed by atoms with Crippen molar-refractivity contribution in [3.05, 3.63) is 50.2 Å². The lowest BCUT2D eigenvalue weighted by molar-refractivity contribution is -0.137. The Hall–Kier alpha value is -2.43. The maximum Gasteiger partial charge on any atom is 0.333 e. The van der Waals surface area contributed by atoms with Crippen LogP contribution in [0.2, 0.25) is 0 Å². The first-order valence-electron chi connectivity index (χ1n) is 9.33. The number of carbonyl (C=O) groups excluding carboxylic acids is 2. The van der Waals surface area contributed by atoms with Gasteiger partial charge in [0.1, 0.15) is 4.83 Å². The average molecular weight is 462 g/mol. The monoisotopic (exact) mass is 461 g/mol. The molecule has 10 heteroatoms. The quantitative estimate of drug-likeness (QED) is 0.413.